The molecule has 0 saturated heterocycles. The van der Waals surface area contributed by atoms with Crippen LogP contribution in [-0.2, 0) is 19.3 Å². The third-order valence-electron chi connectivity index (χ3n) is 4.17. The Balaban J connectivity index is 1.58. The van der Waals surface area contributed by atoms with Gasteiger partial charge in [-0.25, -0.2) is 0 Å². The fourth-order valence-corrected chi connectivity index (χ4v) is 4.18. The van der Waals surface area contributed by atoms with Crippen LogP contribution in [0.4, 0.5) is 0 Å². The second-order valence-corrected chi connectivity index (χ2v) is 7.14. The highest BCUT2D eigenvalue weighted by atomic mass is 35.5. The molecular formula is C18H20ClNOS. The number of carbonyl (C=O) groups is 1. The van der Waals surface area contributed by atoms with Crippen molar-refractivity contribution in [2.24, 2.45) is 0 Å². The standard InChI is InChI=1S/C18H20ClNOS/c19-14-8-6-13(7-9-14)10-11-20-18(21)16-12-22-17-5-3-1-2-4-15(16)17/h6-9,12H,1-5,10-11H2,(H,20,21). The van der Waals surface area contributed by atoms with Gasteiger partial charge in [-0.2, -0.15) is 0 Å². The highest BCUT2D eigenvalue weighted by Crippen LogP contribution is 2.29. The molecule has 2 aromatic rings. The number of halogens is 1. The van der Waals surface area contributed by atoms with E-state index in [0.29, 0.717) is 6.54 Å². The van der Waals surface area contributed by atoms with Gasteiger partial charge in [0.25, 0.3) is 5.91 Å². The minimum atomic E-state index is 0.0772. The largest absolute Gasteiger partial charge is 0.352 e. The van der Waals surface area contributed by atoms with Gasteiger partial charge in [0, 0.05) is 21.8 Å². The van der Waals surface area contributed by atoms with Crippen molar-refractivity contribution in [3.8, 4) is 0 Å². The molecule has 2 nitrogen and oxygen atoms in total. The van der Waals surface area contributed by atoms with Gasteiger partial charge < -0.3 is 5.32 Å². The van der Waals surface area contributed by atoms with Crippen molar-refractivity contribution in [1.82, 2.24) is 5.32 Å². The molecule has 0 aliphatic heterocycles. The SMILES string of the molecule is O=C(NCCc1ccc(Cl)cc1)c1csc2c1CCCCC2. The van der Waals surface area contributed by atoms with E-state index in [-0.39, 0.29) is 5.91 Å². The van der Waals surface area contributed by atoms with Gasteiger partial charge in [0.05, 0.1) is 5.56 Å². The van der Waals surface area contributed by atoms with Gasteiger partial charge in [-0.15, -0.1) is 11.3 Å². The Morgan fingerprint density at radius 2 is 1.91 bits per heavy atom. The lowest BCUT2D eigenvalue weighted by atomic mass is 10.1. The van der Waals surface area contributed by atoms with Crippen molar-refractivity contribution in [2.75, 3.05) is 6.54 Å². The first-order valence-corrected chi connectivity index (χ1v) is 9.11. The maximum atomic E-state index is 12.4. The molecule has 1 aromatic carbocycles. The molecule has 1 aliphatic rings. The van der Waals surface area contributed by atoms with E-state index in [4.69, 9.17) is 11.6 Å². The Bertz CT molecular complexity index is 648. The molecule has 0 atom stereocenters. The molecule has 0 saturated carbocycles. The summed E-state index contributed by atoms with van der Waals surface area (Å²) in [6, 6.07) is 7.78. The van der Waals surface area contributed by atoms with E-state index in [2.05, 4.69) is 5.32 Å². The number of fused-ring (bicyclic) bond motifs is 1. The highest BCUT2D eigenvalue weighted by Gasteiger charge is 2.18. The van der Waals surface area contributed by atoms with Crippen LogP contribution in [0.3, 0.4) is 0 Å². The zero-order valence-corrected chi connectivity index (χ0v) is 14.1. The summed E-state index contributed by atoms with van der Waals surface area (Å²) < 4.78 is 0. The van der Waals surface area contributed by atoms with Crippen LogP contribution in [0.15, 0.2) is 29.6 Å². The van der Waals surface area contributed by atoms with Crippen molar-refractivity contribution in [1.29, 1.82) is 0 Å². The Hall–Kier alpha value is -1.32. The van der Waals surface area contributed by atoms with Crippen molar-refractivity contribution >= 4 is 28.8 Å². The molecular weight excluding hydrogens is 314 g/mol. The van der Waals surface area contributed by atoms with Gasteiger partial charge >= 0.3 is 0 Å². The number of amides is 1. The number of thiophene rings is 1. The molecule has 116 valence electrons. The quantitative estimate of drug-likeness (QED) is 0.811. The number of hydrogen-bond acceptors (Lipinski definition) is 2. The third kappa shape index (κ3) is 3.71. The fourth-order valence-electron chi connectivity index (χ4n) is 2.93. The Morgan fingerprint density at radius 1 is 1.14 bits per heavy atom. The molecule has 0 radical (unpaired) electrons. The summed E-state index contributed by atoms with van der Waals surface area (Å²) in [5.41, 5.74) is 3.39. The van der Waals surface area contributed by atoms with E-state index in [9.17, 15) is 4.79 Å². The van der Waals surface area contributed by atoms with Crippen LogP contribution in [0.25, 0.3) is 0 Å². The van der Waals surface area contributed by atoms with Crippen molar-refractivity contribution < 1.29 is 4.79 Å². The maximum absolute atomic E-state index is 12.4. The lowest BCUT2D eigenvalue weighted by Gasteiger charge is -2.07. The fraction of sp³-hybridized carbons (Fsp3) is 0.389. The maximum Gasteiger partial charge on any atom is 0.252 e. The number of hydrogen-bond donors (Lipinski definition) is 1. The Labute approximate surface area is 140 Å². The average molecular weight is 334 g/mol. The molecule has 3 rings (SSSR count). The smallest absolute Gasteiger partial charge is 0.252 e. The number of nitrogens with one attached hydrogen (secondary N) is 1. The molecule has 0 fully saturated rings. The lowest BCUT2D eigenvalue weighted by molar-refractivity contribution is 0.0953. The van der Waals surface area contributed by atoms with E-state index >= 15 is 0 Å². The van der Waals surface area contributed by atoms with Crippen molar-refractivity contribution in [2.45, 2.75) is 38.5 Å². The van der Waals surface area contributed by atoms with E-state index in [1.54, 1.807) is 11.3 Å². The van der Waals surface area contributed by atoms with Crippen molar-refractivity contribution in [3.63, 3.8) is 0 Å². The van der Waals surface area contributed by atoms with E-state index in [0.717, 1.165) is 29.8 Å². The Morgan fingerprint density at radius 3 is 2.73 bits per heavy atom. The van der Waals surface area contributed by atoms with Crippen LogP contribution in [0.2, 0.25) is 5.02 Å². The number of benzene rings is 1. The van der Waals surface area contributed by atoms with Crippen LogP contribution >= 0.6 is 22.9 Å². The van der Waals surface area contributed by atoms with Gasteiger partial charge in [0.1, 0.15) is 0 Å². The summed E-state index contributed by atoms with van der Waals surface area (Å²) in [5, 5.41) is 5.83. The van der Waals surface area contributed by atoms with E-state index in [1.807, 2.05) is 29.6 Å². The molecule has 0 spiro atoms. The van der Waals surface area contributed by atoms with Crippen molar-refractivity contribution in [3.05, 3.63) is 56.2 Å². The van der Waals surface area contributed by atoms with Gasteiger partial charge in [-0.3, -0.25) is 4.79 Å². The van der Waals surface area contributed by atoms with Crippen LogP contribution in [-0.4, -0.2) is 12.5 Å². The zero-order chi connectivity index (χ0) is 15.4. The molecule has 0 unspecified atom stereocenters. The molecule has 1 N–H and O–H groups in total. The molecule has 22 heavy (non-hydrogen) atoms. The predicted molar refractivity (Wildman–Crippen MR) is 93.1 cm³/mol. The minimum absolute atomic E-state index is 0.0772. The summed E-state index contributed by atoms with van der Waals surface area (Å²) >= 11 is 7.63. The van der Waals surface area contributed by atoms with Gasteiger partial charge in [-0.05, 0) is 55.4 Å². The first kappa shape index (κ1) is 15.6. The Kier molecular flexibility index (Phi) is 5.16. The van der Waals surface area contributed by atoms with Gasteiger partial charge in [0.15, 0.2) is 0 Å². The third-order valence-corrected chi connectivity index (χ3v) is 5.51. The summed E-state index contributed by atoms with van der Waals surface area (Å²) in [7, 11) is 0. The second-order valence-electron chi connectivity index (χ2n) is 5.74. The number of aryl methyl sites for hydroxylation is 1. The molecule has 0 bridgehead atoms. The first-order chi connectivity index (χ1) is 10.7. The van der Waals surface area contributed by atoms with Crippen LogP contribution in [0.1, 0.15) is 45.6 Å². The van der Waals surface area contributed by atoms with Crippen LogP contribution < -0.4 is 5.32 Å². The minimum Gasteiger partial charge on any atom is -0.352 e. The predicted octanol–water partition coefficient (Wildman–Crippen LogP) is 4.64. The molecule has 1 aromatic heterocycles. The van der Waals surface area contributed by atoms with Gasteiger partial charge in [0.2, 0.25) is 0 Å². The number of rotatable bonds is 4. The average Bonchev–Trinajstić information content (AvgIpc) is 2.78. The normalized spacial score (nSPS) is 14.2. The summed E-state index contributed by atoms with van der Waals surface area (Å²) in [6.07, 6.45) is 6.75. The molecule has 1 heterocycles. The van der Waals surface area contributed by atoms with Gasteiger partial charge in [-0.1, -0.05) is 30.2 Å². The lowest BCUT2D eigenvalue weighted by Crippen LogP contribution is -2.26. The second kappa shape index (κ2) is 7.30. The molecule has 1 aliphatic carbocycles. The zero-order valence-electron chi connectivity index (χ0n) is 12.5. The van der Waals surface area contributed by atoms with E-state index < -0.39 is 0 Å². The molecule has 4 heteroatoms. The summed E-state index contributed by atoms with van der Waals surface area (Å²) in [5.74, 6) is 0.0772. The van der Waals surface area contributed by atoms with Crippen LogP contribution in [0, 0.1) is 0 Å². The highest BCUT2D eigenvalue weighted by molar-refractivity contribution is 7.10. The monoisotopic (exact) mass is 333 g/mol. The summed E-state index contributed by atoms with van der Waals surface area (Å²) in [4.78, 5) is 13.8. The topological polar surface area (TPSA) is 29.1 Å². The van der Waals surface area contributed by atoms with E-state index in [1.165, 1.54) is 35.3 Å². The van der Waals surface area contributed by atoms with Crippen LogP contribution in [0.5, 0.6) is 0 Å². The first-order valence-electron chi connectivity index (χ1n) is 7.86. The summed E-state index contributed by atoms with van der Waals surface area (Å²) in [6.45, 7) is 0.658. The molecule has 1 amide bonds. The number of carbonyl (C=O) groups excluding carboxylic acids is 1.